The fourth-order valence-electron chi connectivity index (χ4n) is 1.28. The lowest BCUT2D eigenvalue weighted by Gasteiger charge is -2.36. The molecule has 122 valence electrons. The monoisotopic (exact) mass is 326 g/mol. The largest absolute Gasteiger partial charge is 0.417 e. The van der Waals surface area contributed by atoms with E-state index in [2.05, 4.69) is 33.9 Å². The molecule has 0 radical (unpaired) electrons. The zero-order chi connectivity index (χ0) is 16.0. The molecule has 0 heterocycles. The maximum absolute atomic E-state index is 10.9. The van der Waals surface area contributed by atoms with Crippen LogP contribution in [0.25, 0.3) is 0 Å². The molecule has 7 heteroatoms. The van der Waals surface area contributed by atoms with Gasteiger partial charge in [0.05, 0.1) is 19.0 Å². The van der Waals surface area contributed by atoms with Gasteiger partial charge in [-0.3, -0.25) is 4.18 Å². The fourth-order valence-corrected chi connectivity index (χ4v) is 3.02. The van der Waals surface area contributed by atoms with Gasteiger partial charge in [-0.2, -0.15) is 8.42 Å². The highest BCUT2D eigenvalue weighted by Gasteiger charge is 2.36. The third-order valence-corrected chi connectivity index (χ3v) is 8.61. The van der Waals surface area contributed by atoms with Crippen LogP contribution in [0.15, 0.2) is 0 Å². The number of hydrogen-bond acceptors (Lipinski definition) is 5. The van der Waals surface area contributed by atoms with Gasteiger partial charge in [-0.1, -0.05) is 20.8 Å². The summed E-state index contributed by atoms with van der Waals surface area (Å²) >= 11 is 0. The zero-order valence-electron chi connectivity index (χ0n) is 13.9. The molecule has 0 aromatic heterocycles. The Morgan fingerprint density at radius 1 is 1.15 bits per heavy atom. The van der Waals surface area contributed by atoms with Crippen LogP contribution in [0.3, 0.4) is 0 Å². The van der Waals surface area contributed by atoms with Crippen molar-refractivity contribution < 1.29 is 21.8 Å². The normalized spacial score (nSPS) is 15.3. The van der Waals surface area contributed by atoms with Crippen molar-refractivity contribution in [2.45, 2.75) is 58.4 Å². The first-order valence-corrected chi connectivity index (χ1v) is 11.7. The predicted molar refractivity (Wildman–Crippen MR) is 84.0 cm³/mol. The summed E-state index contributed by atoms with van der Waals surface area (Å²) < 4.78 is 37.9. The first-order valence-electron chi connectivity index (χ1n) is 6.95. The molecule has 0 aliphatic rings. The van der Waals surface area contributed by atoms with Crippen LogP contribution in [0.1, 0.15) is 34.1 Å². The van der Waals surface area contributed by atoms with Crippen LogP contribution < -0.4 is 0 Å². The van der Waals surface area contributed by atoms with Gasteiger partial charge in [-0.15, -0.1) is 0 Å². The van der Waals surface area contributed by atoms with E-state index in [-0.39, 0.29) is 11.6 Å². The first kappa shape index (κ1) is 20.0. The molecule has 20 heavy (non-hydrogen) atoms. The van der Waals surface area contributed by atoms with Crippen molar-refractivity contribution in [3.63, 3.8) is 0 Å². The average Bonchev–Trinajstić information content (AvgIpc) is 2.18. The molecule has 0 bridgehead atoms. The summed E-state index contributed by atoms with van der Waals surface area (Å²) in [4.78, 5) is 0. The van der Waals surface area contributed by atoms with E-state index in [0.29, 0.717) is 13.2 Å². The molecular weight excluding hydrogens is 296 g/mol. The van der Waals surface area contributed by atoms with E-state index < -0.39 is 24.5 Å². The molecule has 0 N–H and O–H groups in total. The summed E-state index contributed by atoms with van der Waals surface area (Å²) in [5.74, 6) is 0. The molecule has 0 unspecified atom stereocenters. The summed E-state index contributed by atoms with van der Waals surface area (Å²) in [6, 6.07) is 0. The van der Waals surface area contributed by atoms with Gasteiger partial charge in [0.2, 0.25) is 0 Å². The van der Waals surface area contributed by atoms with Crippen LogP contribution in [0.5, 0.6) is 0 Å². The van der Waals surface area contributed by atoms with Crippen LogP contribution in [-0.2, 0) is 23.5 Å². The molecule has 0 spiro atoms. The predicted octanol–water partition coefficient (Wildman–Crippen LogP) is 2.78. The van der Waals surface area contributed by atoms with Gasteiger partial charge in [0.15, 0.2) is 8.32 Å². The lowest BCUT2D eigenvalue weighted by molar-refractivity contribution is 0.0551. The Morgan fingerprint density at radius 2 is 1.70 bits per heavy atom. The second kappa shape index (κ2) is 7.89. The van der Waals surface area contributed by atoms with Crippen LogP contribution in [0, 0.1) is 0 Å². The first-order chi connectivity index (χ1) is 8.85. The summed E-state index contributed by atoms with van der Waals surface area (Å²) in [5.41, 5.74) is 0. The van der Waals surface area contributed by atoms with E-state index in [4.69, 9.17) is 13.3 Å². The Labute approximate surface area is 125 Å². The molecule has 0 aromatic carbocycles. The topological polar surface area (TPSA) is 61.8 Å². The molecular formula is C13H30O5SSi. The average molecular weight is 327 g/mol. The van der Waals surface area contributed by atoms with Gasteiger partial charge < -0.3 is 9.16 Å². The number of hydrogen-bond donors (Lipinski definition) is 0. The van der Waals surface area contributed by atoms with Crippen molar-refractivity contribution in [1.29, 1.82) is 0 Å². The van der Waals surface area contributed by atoms with Crippen LogP contribution in [0.2, 0.25) is 18.1 Å². The van der Waals surface area contributed by atoms with Gasteiger partial charge >= 0.3 is 0 Å². The highest BCUT2D eigenvalue weighted by molar-refractivity contribution is 7.86. The molecule has 0 amide bonds. The minimum Gasteiger partial charge on any atom is -0.417 e. The molecule has 0 aliphatic carbocycles. The molecule has 0 rings (SSSR count). The SMILES string of the molecule is C[C@H](COCCCO[Si](C)(C)C(C)(C)C)OS(C)(=O)=O. The highest BCUT2D eigenvalue weighted by atomic mass is 32.2. The van der Waals surface area contributed by atoms with E-state index >= 15 is 0 Å². The molecule has 0 saturated carbocycles. The number of ether oxygens (including phenoxy) is 1. The van der Waals surface area contributed by atoms with Crippen LogP contribution >= 0.6 is 0 Å². The molecule has 0 saturated heterocycles. The maximum atomic E-state index is 10.9. The van der Waals surface area contributed by atoms with E-state index in [1.54, 1.807) is 6.92 Å². The van der Waals surface area contributed by atoms with Gasteiger partial charge in [-0.25, -0.2) is 0 Å². The van der Waals surface area contributed by atoms with Crippen molar-refractivity contribution in [1.82, 2.24) is 0 Å². The standard InChI is InChI=1S/C13H30O5SSi/c1-12(18-19(5,14)15)11-16-9-8-10-17-20(6,7)13(2,3)4/h12H,8-11H2,1-7H3/t12-/m1/s1. The minimum atomic E-state index is -3.41. The highest BCUT2D eigenvalue weighted by Crippen LogP contribution is 2.36. The van der Waals surface area contributed by atoms with Gasteiger partial charge in [0.1, 0.15) is 0 Å². The van der Waals surface area contributed by atoms with Gasteiger partial charge in [0.25, 0.3) is 10.1 Å². The Hall–Kier alpha value is 0.0469. The van der Waals surface area contributed by atoms with Crippen molar-refractivity contribution in [2.24, 2.45) is 0 Å². The Morgan fingerprint density at radius 3 is 2.15 bits per heavy atom. The van der Waals surface area contributed by atoms with Crippen LogP contribution in [-0.4, -0.2) is 48.9 Å². The van der Waals surface area contributed by atoms with E-state index in [1.807, 2.05) is 0 Å². The number of rotatable bonds is 9. The molecule has 5 nitrogen and oxygen atoms in total. The van der Waals surface area contributed by atoms with E-state index in [9.17, 15) is 8.42 Å². The summed E-state index contributed by atoms with van der Waals surface area (Å²) in [5, 5.41) is 0.214. The van der Waals surface area contributed by atoms with Crippen molar-refractivity contribution in [3.8, 4) is 0 Å². The third kappa shape index (κ3) is 9.07. The van der Waals surface area contributed by atoms with Crippen molar-refractivity contribution >= 4 is 18.4 Å². The third-order valence-electron chi connectivity index (χ3n) is 3.39. The lowest BCUT2D eigenvalue weighted by Crippen LogP contribution is -2.41. The van der Waals surface area contributed by atoms with Crippen molar-refractivity contribution in [3.05, 3.63) is 0 Å². The molecule has 0 fully saturated rings. The minimum absolute atomic E-state index is 0.214. The van der Waals surface area contributed by atoms with Crippen LogP contribution in [0.4, 0.5) is 0 Å². The quantitative estimate of drug-likeness (QED) is 0.370. The second-order valence-electron chi connectivity index (χ2n) is 6.65. The molecule has 0 aromatic rings. The van der Waals surface area contributed by atoms with Crippen molar-refractivity contribution in [2.75, 3.05) is 26.1 Å². The van der Waals surface area contributed by atoms with Gasteiger partial charge in [-0.05, 0) is 31.5 Å². The Kier molecular flexibility index (Phi) is 7.90. The Balaban J connectivity index is 3.74. The Bertz CT molecular complexity index is 373. The zero-order valence-corrected chi connectivity index (χ0v) is 15.7. The summed E-state index contributed by atoms with van der Waals surface area (Å²) in [6.45, 7) is 14.2. The molecule has 1 atom stereocenters. The fraction of sp³-hybridized carbons (Fsp3) is 1.00. The second-order valence-corrected chi connectivity index (χ2v) is 13.1. The summed E-state index contributed by atoms with van der Waals surface area (Å²) in [7, 11) is -5.08. The summed E-state index contributed by atoms with van der Waals surface area (Å²) in [6.07, 6.45) is 1.39. The van der Waals surface area contributed by atoms with Gasteiger partial charge in [0, 0.05) is 13.2 Å². The van der Waals surface area contributed by atoms with E-state index in [1.165, 1.54) is 0 Å². The van der Waals surface area contributed by atoms with E-state index in [0.717, 1.165) is 12.7 Å². The molecule has 0 aliphatic heterocycles. The lowest BCUT2D eigenvalue weighted by atomic mass is 10.2. The maximum Gasteiger partial charge on any atom is 0.264 e. The smallest absolute Gasteiger partial charge is 0.264 e.